The Kier molecular flexibility index (Phi) is 5.89. The van der Waals surface area contributed by atoms with Crippen LogP contribution >= 0.6 is 11.3 Å². The fourth-order valence-corrected chi connectivity index (χ4v) is 2.80. The molecule has 2 rings (SSSR count). The Morgan fingerprint density at radius 2 is 2.10 bits per heavy atom. The van der Waals surface area contributed by atoms with Crippen LogP contribution in [0.15, 0.2) is 35.7 Å². The highest BCUT2D eigenvalue weighted by Gasteiger charge is 2.09. The standard InChI is InChI=1S/C16H21NO2S/c1-3-19-15-8-4-6-13(16(15)18-2)12-17-10-9-14-7-5-11-20-14/h4-8,11,17H,3,9-10,12H2,1-2H3. The van der Waals surface area contributed by atoms with Gasteiger partial charge < -0.3 is 14.8 Å². The Labute approximate surface area is 124 Å². The largest absolute Gasteiger partial charge is 0.493 e. The first-order chi connectivity index (χ1) is 9.85. The summed E-state index contributed by atoms with van der Waals surface area (Å²) in [5, 5.41) is 5.57. The summed E-state index contributed by atoms with van der Waals surface area (Å²) in [6.07, 6.45) is 1.06. The Morgan fingerprint density at radius 1 is 1.20 bits per heavy atom. The zero-order chi connectivity index (χ0) is 14.2. The maximum atomic E-state index is 5.58. The van der Waals surface area contributed by atoms with Crippen LogP contribution in [0.3, 0.4) is 0 Å². The first kappa shape index (κ1) is 14.9. The second-order valence-corrected chi connectivity index (χ2v) is 5.42. The summed E-state index contributed by atoms with van der Waals surface area (Å²) >= 11 is 1.80. The van der Waals surface area contributed by atoms with Gasteiger partial charge in [-0.15, -0.1) is 11.3 Å². The highest BCUT2D eigenvalue weighted by Crippen LogP contribution is 2.30. The minimum atomic E-state index is 0.644. The molecule has 0 fully saturated rings. The molecule has 108 valence electrons. The van der Waals surface area contributed by atoms with Crippen molar-refractivity contribution in [2.75, 3.05) is 20.3 Å². The first-order valence-corrected chi connectivity index (χ1v) is 7.75. The van der Waals surface area contributed by atoms with E-state index >= 15 is 0 Å². The molecule has 0 aliphatic rings. The molecule has 1 heterocycles. The van der Waals surface area contributed by atoms with Crippen molar-refractivity contribution in [1.29, 1.82) is 0 Å². The second-order valence-electron chi connectivity index (χ2n) is 4.39. The van der Waals surface area contributed by atoms with Crippen LogP contribution in [0.5, 0.6) is 11.5 Å². The molecule has 1 aromatic carbocycles. The fraction of sp³-hybridized carbons (Fsp3) is 0.375. The van der Waals surface area contributed by atoms with Gasteiger partial charge in [-0.25, -0.2) is 0 Å². The SMILES string of the molecule is CCOc1cccc(CNCCc2cccs2)c1OC. The lowest BCUT2D eigenvalue weighted by Crippen LogP contribution is -2.17. The van der Waals surface area contributed by atoms with Crippen LogP contribution in [-0.4, -0.2) is 20.3 Å². The van der Waals surface area contributed by atoms with E-state index in [-0.39, 0.29) is 0 Å². The van der Waals surface area contributed by atoms with Crippen LogP contribution in [-0.2, 0) is 13.0 Å². The van der Waals surface area contributed by atoms with Gasteiger partial charge in [0, 0.05) is 23.5 Å². The van der Waals surface area contributed by atoms with E-state index in [0.717, 1.165) is 36.6 Å². The minimum Gasteiger partial charge on any atom is -0.493 e. The number of benzene rings is 1. The van der Waals surface area contributed by atoms with Crippen molar-refractivity contribution in [3.05, 3.63) is 46.2 Å². The number of para-hydroxylation sites is 1. The normalized spacial score (nSPS) is 10.5. The van der Waals surface area contributed by atoms with E-state index in [4.69, 9.17) is 9.47 Å². The van der Waals surface area contributed by atoms with Crippen molar-refractivity contribution in [2.45, 2.75) is 19.9 Å². The molecule has 2 aromatic rings. The van der Waals surface area contributed by atoms with Crippen molar-refractivity contribution in [1.82, 2.24) is 5.32 Å². The van der Waals surface area contributed by atoms with Crippen LogP contribution < -0.4 is 14.8 Å². The second kappa shape index (κ2) is 7.92. The first-order valence-electron chi connectivity index (χ1n) is 6.87. The van der Waals surface area contributed by atoms with Gasteiger partial charge in [0.25, 0.3) is 0 Å². The molecule has 20 heavy (non-hydrogen) atoms. The molecule has 0 amide bonds. The van der Waals surface area contributed by atoms with E-state index in [1.54, 1.807) is 18.4 Å². The van der Waals surface area contributed by atoms with Crippen molar-refractivity contribution in [2.24, 2.45) is 0 Å². The summed E-state index contributed by atoms with van der Waals surface area (Å²) < 4.78 is 11.1. The molecule has 0 aliphatic heterocycles. The van der Waals surface area contributed by atoms with Crippen molar-refractivity contribution < 1.29 is 9.47 Å². The number of rotatable bonds is 8. The summed E-state index contributed by atoms with van der Waals surface area (Å²) in [6.45, 7) is 4.37. The van der Waals surface area contributed by atoms with Crippen LogP contribution in [0.25, 0.3) is 0 Å². The molecule has 3 nitrogen and oxygen atoms in total. The third-order valence-electron chi connectivity index (χ3n) is 3.01. The van der Waals surface area contributed by atoms with Gasteiger partial charge in [-0.05, 0) is 30.9 Å². The Hall–Kier alpha value is -1.52. The van der Waals surface area contributed by atoms with E-state index in [1.165, 1.54) is 4.88 Å². The summed E-state index contributed by atoms with van der Waals surface area (Å²) in [5.41, 5.74) is 1.13. The van der Waals surface area contributed by atoms with E-state index in [0.29, 0.717) is 6.61 Å². The lowest BCUT2D eigenvalue weighted by Gasteiger charge is -2.14. The van der Waals surface area contributed by atoms with E-state index in [2.05, 4.69) is 28.9 Å². The molecule has 0 unspecified atom stereocenters. The molecule has 4 heteroatoms. The monoisotopic (exact) mass is 291 g/mol. The molecule has 1 N–H and O–H groups in total. The number of methoxy groups -OCH3 is 1. The maximum Gasteiger partial charge on any atom is 0.165 e. The maximum absolute atomic E-state index is 5.58. The fourth-order valence-electron chi connectivity index (χ4n) is 2.09. The predicted octanol–water partition coefficient (Wildman–Crippen LogP) is 3.49. The smallest absolute Gasteiger partial charge is 0.165 e. The summed E-state index contributed by atoms with van der Waals surface area (Å²) in [7, 11) is 1.69. The highest BCUT2D eigenvalue weighted by molar-refractivity contribution is 7.09. The van der Waals surface area contributed by atoms with Gasteiger partial charge in [0.2, 0.25) is 0 Å². The zero-order valence-electron chi connectivity index (χ0n) is 12.0. The summed E-state index contributed by atoms with van der Waals surface area (Å²) in [4.78, 5) is 1.41. The van der Waals surface area contributed by atoms with Gasteiger partial charge in [-0.3, -0.25) is 0 Å². The topological polar surface area (TPSA) is 30.5 Å². The van der Waals surface area contributed by atoms with Gasteiger partial charge in [0.1, 0.15) is 0 Å². The number of hydrogen-bond donors (Lipinski definition) is 1. The molecule has 0 spiro atoms. The molecule has 0 saturated heterocycles. The van der Waals surface area contributed by atoms with Crippen molar-refractivity contribution in [3.8, 4) is 11.5 Å². The lowest BCUT2D eigenvalue weighted by molar-refractivity contribution is 0.308. The number of ether oxygens (including phenoxy) is 2. The summed E-state index contributed by atoms with van der Waals surface area (Å²) in [5.74, 6) is 1.64. The third kappa shape index (κ3) is 3.99. The van der Waals surface area contributed by atoms with Crippen molar-refractivity contribution >= 4 is 11.3 Å². The lowest BCUT2D eigenvalue weighted by atomic mass is 10.2. The van der Waals surface area contributed by atoms with Gasteiger partial charge in [0.05, 0.1) is 13.7 Å². The van der Waals surface area contributed by atoms with Crippen molar-refractivity contribution in [3.63, 3.8) is 0 Å². The highest BCUT2D eigenvalue weighted by atomic mass is 32.1. The van der Waals surface area contributed by atoms with Gasteiger partial charge in [-0.2, -0.15) is 0 Å². The molecule has 0 atom stereocenters. The van der Waals surface area contributed by atoms with Gasteiger partial charge in [0.15, 0.2) is 11.5 Å². The molecule has 0 bridgehead atoms. The van der Waals surface area contributed by atoms with Crippen LogP contribution in [0.4, 0.5) is 0 Å². The van der Waals surface area contributed by atoms with E-state index in [9.17, 15) is 0 Å². The molecular formula is C16H21NO2S. The van der Waals surface area contributed by atoms with E-state index < -0.39 is 0 Å². The number of thiophene rings is 1. The number of hydrogen-bond acceptors (Lipinski definition) is 4. The molecular weight excluding hydrogens is 270 g/mol. The van der Waals surface area contributed by atoms with Crippen LogP contribution in [0.1, 0.15) is 17.4 Å². The minimum absolute atomic E-state index is 0.644. The average Bonchev–Trinajstić information content (AvgIpc) is 2.97. The zero-order valence-corrected chi connectivity index (χ0v) is 12.8. The van der Waals surface area contributed by atoms with Crippen LogP contribution in [0, 0.1) is 0 Å². The Morgan fingerprint density at radius 3 is 2.80 bits per heavy atom. The quantitative estimate of drug-likeness (QED) is 0.755. The van der Waals surface area contributed by atoms with E-state index in [1.807, 2.05) is 19.1 Å². The molecule has 0 aliphatic carbocycles. The third-order valence-corrected chi connectivity index (χ3v) is 3.94. The van der Waals surface area contributed by atoms with Gasteiger partial charge in [-0.1, -0.05) is 18.2 Å². The Balaban J connectivity index is 1.90. The average molecular weight is 291 g/mol. The molecule has 0 radical (unpaired) electrons. The number of nitrogens with one attached hydrogen (secondary N) is 1. The van der Waals surface area contributed by atoms with Crippen LogP contribution in [0.2, 0.25) is 0 Å². The predicted molar refractivity (Wildman–Crippen MR) is 83.9 cm³/mol. The summed E-state index contributed by atoms with van der Waals surface area (Å²) in [6, 6.07) is 10.3. The molecule has 1 aromatic heterocycles. The Bertz CT molecular complexity index is 511. The molecule has 0 saturated carbocycles. The van der Waals surface area contributed by atoms with Gasteiger partial charge >= 0.3 is 0 Å².